The Morgan fingerprint density at radius 3 is 2.61 bits per heavy atom. The van der Waals surface area contributed by atoms with E-state index in [1.807, 2.05) is 45.9 Å². The Bertz CT molecular complexity index is 1070. The summed E-state index contributed by atoms with van der Waals surface area (Å²) in [6.07, 6.45) is 2.09. The molecule has 3 heterocycles. The van der Waals surface area contributed by atoms with Gasteiger partial charge in [0.25, 0.3) is 0 Å². The van der Waals surface area contributed by atoms with Crippen LogP contribution in [0.5, 0.6) is 0 Å². The minimum atomic E-state index is -0.944. The SMILES string of the molecule is CCC1c2[nH]c3ccccc3c2C[C@H]2C(=O)NC(CCCCN(C(=O)O)C(C)(C)C)C(=O)N12. The number of hydrogen-bond donors (Lipinski definition) is 3. The predicted octanol–water partition coefficient (Wildman–Crippen LogP) is 3.82. The van der Waals surface area contributed by atoms with Gasteiger partial charge in [0.15, 0.2) is 0 Å². The van der Waals surface area contributed by atoms with Gasteiger partial charge in [-0.1, -0.05) is 25.1 Å². The molecule has 2 aromatic rings. The smallest absolute Gasteiger partial charge is 0.407 e. The number of nitrogens with zero attached hydrogens (tertiary/aromatic N) is 2. The fraction of sp³-hybridized carbons (Fsp3) is 0.560. The van der Waals surface area contributed by atoms with E-state index in [2.05, 4.69) is 16.4 Å². The molecule has 3 amide bonds. The lowest BCUT2D eigenvalue weighted by atomic mass is 9.87. The molecule has 8 nitrogen and oxygen atoms in total. The lowest BCUT2D eigenvalue weighted by molar-refractivity contribution is -0.153. The standard InChI is InChI=1S/C25H34N4O4/c1-5-19-21-16(15-10-6-7-11-17(15)26-21)14-20-22(30)27-18(23(31)29(19)20)12-8-9-13-28(24(32)33)25(2,3)4/h6-7,10-11,18-20,26H,5,8-9,12-14H2,1-4H3,(H,27,30)(H,32,33)/t18?,19?,20-/m0/s1. The summed E-state index contributed by atoms with van der Waals surface area (Å²) in [4.78, 5) is 44.8. The predicted molar refractivity (Wildman–Crippen MR) is 126 cm³/mol. The molecule has 3 atom stereocenters. The van der Waals surface area contributed by atoms with E-state index in [0.29, 0.717) is 32.2 Å². The van der Waals surface area contributed by atoms with Crippen molar-refractivity contribution in [3.63, 3.8) is 0 Å². The summed E-state index contributed by atoms with van der Waals surface area (Å²) < 4.78 is 0. The van der Waals surface area contributed by atoms with E-state index in [4.69, 9.17) is 0 Å². The number of piperazine rings is 1. The van der Waals surface area contributed by atoms with Crippen molar-refractivity contribution in [1.82, 2.24) is 20.1 Å². The van der Waals surface area contributed by atoms with Crippen LogP contribution in [-0.4, -0.2) is 62.0 Å². The zero-order chi connectivity index (χ0) is 23.9. The first kappa shape index (κ1) is 23.1. The number of para-hydroxylation sites is 1. The minimum Gasteiger partial charge on any atom is -0.465 e. The molecule has 178 valence electrons. The van der Waals surface area contributed by atoms with Crippen molar-refractivity contribution in [2.75, 3.05) is 6.54 Å². The van der Waals surface area contributed by atoms with Crippen LogP contribution in [0.1, 0.15) is 70.7 Å². The Morgan fingerprint density at radius 1 is 1.21 bits per heavy atom. The van der Waals surface area contributed by atoms with Gasteiger partial charge < -0.3 is 25.2 Å². The first-order chi connectivity index (χ1) is 15.6. The zero-order valence-electron chi connectivity index (χ0n) is 19.9. The van der Waals surface area contributed by atoms with Gasteiger partial charge in [-0.25, -0.2) is 4.79 Å². The number of unbranched alkanes of at least 4 members (excludes halogenated alkanes) is 1. The van der Waals surface area contributed by atoms with Crippen LogP contribution >= 0.6 is 0 Å². The molecule has 1 fully saturated rings. The molecule has 0 spiro atoms. The van der Waals surface area contributed by atoms with Gasteiger partial charge in [0.1, 0.15) is 12.1 Å². The van der Waals surface area contributed by atoms with Crippen molar-refractivity contribution in [1.29, 1.82) is 0 Å². The van der Waals surface area contributed by atoms with Crippen molar-refractivity contribution >= 4 is 28.8 Å². The van der Waals surface area contributed by atoms with Gasteiger partial charge in [-0.05, 0) is 58.1 Å². The van der Waals surface area contributed by atoms with Crippen LogP contribution in [-0.2, 0) is 16.0 Å². The first-order valence-electron chi connectivity index (χ1n) is 11.9. The summed E-state index contributed by atoms with van der Waals surface area (Å²) in [6.45, 7) is 8.04. The Kier molecular flexibility index (Phi) is 6.12. The molecule has 1 aromatic carbocycles. The maximum absolute atomic E-state index is 13.5. The number of aromatic nitrogens is 1. The molecule has 1 saturated heterocycles. The zero-order valence-corrected chi connectivity index (χ0v) is 19.9. The highest BCUT2D eigenvalue weighted by Gasteiger charge is 2.47. The topological polar surface area (TPSA) is 106 Å². The summed E-state index contributed by atoms with van der Waals surface area (Å²) in [5, 5.41) is 13.5. The second-order valence-corrected chi connectivity index (χ2v) is 10.1. The van der Waals surface area contributed by atoms with E-state index in [0.717, 1.165) is 28.6 Å². The minimum absolute atomic E-state index is 0.0401. The molecule has 2 aliphatic rings. The number of rotatable bonds is 6. The average molecular weight is 455 g/mol. The van der Waals surface area contributed by atoms with Crippen LogP contribution < -0.4 is 5.32 Å². The van der Waals surface area contributed by atoms with Crippen LogP contribution in [0.2, 0.25) is 0 Å². The number of aromatic amines is 1. The van der Waals surface area contributed by atoms with Crippen molar-refractivity contribution in [2.24, 2.45) is 0 Å². The maximum Gasteiger partial charge on any atom is 0.407 e. The van der Waals surface area contributed by atoms with Crippen molar-refractivity contribution in [2.45, 2.75) is 83.5 Å². The second kappa shape index (κ2) is 8.72. The molecule has 4 rings (SSSR count). The summed E-state index contributed by atoms with van der Waals surface area (Å²) in [5.74, 6) is -0.141. The van der Waals surface area contributed by atoms with Gasteiger partial charge in [0.2, 0.25) is 11.8 Å². The van der Waals surface area contributed by atoms with Crippen LogP contribution in [0.3, 0.4) is 0 Å². The third-order valence-electron chi connectivity index (χ3n) is 6.97. The number of benzene rings is 1. The molecule has 8 heteroatoms. The lowest BCUT2D eigenvalue weighted by Crippen LogP contribution is -2.65. The lowest BCUT2D eigenvalue weighted by Gasteiger charge is -2.46. The molecular formula is C25H34N4O4. The third kappa shape index (κ3) is 4.18. The molecule has 33 heavy (non-hydrogen) atoms. The van der Waals surface area contributed by atoms with E-state index in [-0.39, 0.29) is 17.9 Å². The van der Waals surface area contributed by atoms with Gasteiger partial charge in [-0.2, -0.15) is 0 Å². The highest BCUT2D eigenvalue weighted by molar-refractivity contribution is 5.99. The number of carbonyl (C=O) groups excluding carboxylic acids is 2. The van der Waals surface area contributed by atoms with Crippen LogP contribution in [0, 0.1) is 0 Å². The highest BCUT2D eigenvalue weighted by Crippen LogP contribution is 2.40. The van der Waals surface area contributed by atoms with E-state index in [1.165, 1.54) is 4.90 Å². The molecule has 2 unspecified atom stereocenters. The quantitative estimate of drug-likeness (QED) is 0.577. The van der Waals surface area contributed by atoms with Crippen LogP contribution in [0.25, 0.3) is 10.9 Å². The summed E-state index contributed by atoms with van der Waals surface area (Å²) in [7, 11) is 0. The molecule has 0 radical (unpaired) electrons. The first-order valence-corrected chi connectivity index (χ1v) is 11.9. The number of H-pyrrole nitrogens is 1. The number of carbonyl (C=O) groups is 3. The van der Waals surface area contributed by atoms with Gasteiger partial charge in [-0.3, -0.25) is 9.59 Å². The van der Waals surface area contributed by atoms with Crippen molar-refractivity contribution in [3.8, 4) is 0 Å². The van der Waals surface area contributed by atoms with Gasteiger partial charge in [0, 0.05) is 35.1 Å². The molecule has 2 aliphatic heterocycles. The Hall–Kier alpha value is -3.03. The summed E-state index contributed by atoms with van der Waals surface area (Å²) >= 11 is 0. The van der Waals surface area contributed by atoms with Crippen LogP contribution in [0.15, 0.2) is 24.3 Å². The number of fused-ring (bicyclic) bond motifs is 4. The summed E-state index contributed by atoms with van der Waals surface area (Å²) in [5.41, 5.74) is 2.73. The largest absolute Gasteiger partial charge is 0.465 e. The van der Waals surface area contributed by atoms with E-state index in [1.54, 1.807) is 4.90 Å². The number of carboxylic acid groups (broad SMARTS) is 1. The Morgan fingerprint density at radius 2 is 1.94 bits per heavy atom. The van der Waals surface area contributed by atoms with Crippen molar-refractivity contribution in [3.05, 3.63) is 35.5 Å². The average Bonchev–Trinajstić information content (AvgIpc) is 3.12. The number of hydrogen-bond acceptors (Lipinski definition) is 3. The van der Waals surface area contributed by atoms with E-state index in [9.17, 15) is 19.5 Å². The molecular weight excluding hydrogens is 420 g/mol. The molecule has 1 aromatic heterocycles. The monoisotopic (exact) mass is 454 g/mol. The normalized spacial score (nSPS) is 22.7. The Labute approximate surface area is 194 Å². The van der Waals surface area contributed by atoms with Crippen LogP contribution in [0.4, 0.5) is 4.79 Å². The molecule has 0 bridgehead atoms. The maximum atomic E-state index is 13.5. The summed E-state index contributed by atoms with van der Waals surface area (Å²) in [6, 6.07) is 6.86. The fourth-order valence-electron chi connectivity index (χ4n) is 5.34. The Balaban J connectivity index is 1.48. The molecule has 3 N–H and O–H groups in total. The third-order valence-corrected chi connectivity index (χ3v) is 6.97. The van der Waals surface area contributed by atoms with E-state index < -0.39 is 23.7 Å². The van der Waals surface area contributed by atoms with Gasteiger partial charge in [0.05, 0.1) is 6.04 Å². The van der Waals surface area contributed by atoms with Crippen molar-refractivity contribution < 1.29 is 19.5 Å². The highest BCUT2D eigenvalue weighted by atomic mass is 16.4. The molecule has 0 saturated carbocycles. The van der Waals surface area contributed by atoms with E-state index >= 15 is 0 Å². The second-order valence-electron chi connectivity index (χ2n) is 10.1. The number of nitrogens with one attached hydrogen (secondary N) is 2. The fourth-order valence-corrected chi connectivity index (χ4v) is 5.34. The van der Waals surface area contributed by atoms with Gasteiger partial charge >= 0.3 is 6.09 Å². The number of amides is 3. The molecule has 0 aliphatic carbocycles. The van der Waals surface area contributed by atoms with Gasteiger partial charge in [-0.15, -0.1) is 0 Å².